The molecule has 10 heavy (non-hydrogen) atoms. The smallest absolute Gasteiger partial charge is 0.115 e. The van der Waals surface area contributed by atoms with Crippen LogP contribution in [-0.4, -0.2) is 12.2 Å². The van der Waals surface area contributed by atoms with E-state index in [2.05, 4.69) is 0 Å². The third kappa shape index (κ3) is 1.74. The van der Waals surface area contributed by atoms with Gasteiger partial charge < -0.3 is 9.84 Å². The maximum Gasteiger partial charge on any atom is 0.115 e. The second-order valence-corrected chi connectivity index (χ2v) is 2.10. The summed E-state index contributed by atoms with van der Waals surface area (Å²) in [6.45, 7) is 0.597. The second kappa shape index (κ2) is 3.22. The standard InChI is InChI=1S/C8H10O2/c1-10-6-7-2-4-8(9)5-3-7/h2-5,9H,6H2,1H3. The minimum absolute atomic E-state index is 0.292. The molecular weight excluding hydrogens is 128 g/mol. The molecule has 0 saturated carbocycles. The fourth-order valence-electron chi connectivity index (χ4n) is 0.759. The van der Waals surface area contributed by atoms with Crippen LogP contribution in [0.2, 0.25) is 0 Å². The van der Waals surface area contributed by atoms with E-state index < -0.39 is 0 Å². The van der Waals surface area contributed by atoms with Gasteiger partial charge in [0.15, 0.2) is 0 Å². The topological polar surface area (TPSA) is 29.5 Å². The van der Waals surface area contributed by atoms with Gasteiger partial charge in [-0.05, 0) is 17.7 Å². The molecule has 0 aromatic heterocycles. The van der Waals surface area contributed by atoms with Crippen molar-refractivity contribution in [2.45, 2.75) is 6.61 Å². The summed E-state index contributed by atoms with van der Waals surface area (Å²) in [5, 5.41) is 8.88. The fraction of sp³-hybridized carbons (Fsp3) is 0.250. The van der Waals surface area contributed by atoms with Crippen LogP contribution < -0.4 is 0 Å². The number of phenolic OH excluding ortho intramolecular Hbond substituents is 1. The van der Waals surface area contributed by atoms with E-state index in [9.17, 15) is 0 Å². The highest BCUT2D eigenvalue weighted by atomic mass is 16.5. The first-order valence-corrected chi connectivity index (χ1v) is 3.10. The highest BCUT2D eigenvalue weighted by Gasteiger charge is 1.89. The van der Waals surface area contributed by atoms with Gasteiger partial charge in [0.1, 0.15) is 5.75 Å². The van der Waals surface area contributed by atoms with Gasteiger partial charge in [0.25, 0.3) is 0 Å². The molecule has 1 aromatic rings. The van der Waals surface area contributed by atoms with Gasteiger partial charge in [-0.25, -0.2) is 0 Å². The van der Waals surface area contributed by atoms with Crippen LogP contribution in [0.1, 0.15) is 5.56 Å². The molecule has 1 N–H and O–H groups in total. The summed E-state index contributed by atoms with van der Waals surface area (Å²) in [4.78, 5) is 0. The number of methoxy groups -OCH3 is 1. The zero-order chi connectivity index (χ0) is 7.40. The summed E-state index contributed by atoms with van der Waals surface area (Å²) < 4.78 is 4.89. The number of rotatable bonds is 2. The molecule has 0 amide bonds. The molecule has 0 aliphatic rings. The van der Waals surface area contributed by atoms with E-state index in [1.54, 1.807) is 19.2 Å². The van der Waals surface area contributed by atoms with Crippen LogP contribution in [0.15, 0.2) is 24.3 Å². The minimum Gasteiger partial charge on any atom is -0.508 e. The molecule has 1 rings (SSSR count). The molecule has 0 atom stereocenters. The summed E-state index contributed by atoms with van der Waals surface area (Å²) >= 11 is 0. The summed E-state index contributed by atoms with van der Waals surface area (Å²) in [7, 11) is 1.65. The van der Waals surface area contributed by atoms with E-state index in [4.69, 9.17) is 9.84 Å². The maximum atomic E-state index is 8.88. The van der Waals surface area contributed by atoms with Crippen molar-refractivity contribution in [2.24, 2.45) is 0 Å². The molecule has 54 valence electrons. The molecule has 0 spiro atoms. The number of benzene rings is 1. The first kappa shape index (κ1) is 7.09. The fourth-order valence-corrected chi connectivity index (χ4v) is 0.759. The van der Waals surface area contributed by atoms with Crippen LogP contribution in [0.4, 0.5) is 0 Å². The van der Waals surface area contributed by atoms with Gasteiger partial charge in [-0.15, -0.1) is 0 Å². The predicted molar refractivity (Wildman–Crippen MR) is 38.8 cm³/mol. The average Bonchev–Trinajstić information content (AvgIpc) is 1.95. The first-order chi connectivity index (χ1) is 4.83. The van der Waals surface area contributed by atoms with E-state index in [0.717, 1.165) is 5.56 Å². The third-order valence-electron chi connectivity index (χ3n) is 1.25. The van der Waals surface area contributed by atoms with Gasteiger partial charge in [-0.1, -0.05) is 12.1 Å². The Morgan fingerprint density at radius 3 is 2.40 bits per heavy atom. The second-order valence-electron chi connectivity index (χ2n) is 2.10. The lowest BCUT2D eigenvalue weighted by Gasteiger charge is -1.97. The van der Waals surface area contributed by atoms with E-state index in [0.29, 0.717) is 12.4 Å². The lowest BCUT2D eigenvalue weighted by atomic mass is 10.2. The van der Waals surface area contributed by atoms with Crippen molar-refractivity contribution in [3.63, 3.8) is 0 Å². The summed E-state index contributed by atoms with van der Waals surface area (Å²) in [5.41, 5.74) is 1.07. The molecule has 2 heteroatoms. The summed E-state index contributed by atoms with van der Waals surface area (Å²) in [5.74, 6) is 0.292. The Morgan fingerprint density at radius 2 is 1.90 bits per heavy atom. The van der Waals surface area contributed by atoms with Crippen LogP contribution in [0.25, 0.3) is 0 Å². The van der Waals surface area contributed by atoms with Crippen molar-refractivity contribution in [2.75, 3.05) is 7.11 Å². The van der Waals surface area contributed by atoms with E-state index in [-0.39, 0.29) is 0 Å². The minimum atomic E-state index is 0.292. The molecule has 1 aromatic carbocycles. The number of hydrogen-bond acceptors (Lipinski definition) is 2. The number of ether oxygens (including phenoxy) is 1. The molecule has 0 aliphatic carbocycles. The Bertz CT molecular complexity index is 191. The SMILES string of the molecule is COCc1ccc(O)cc1. The summed E-state index contributed by atoms with van der Waals surface area (Å²) in [6, 6.07) is 6.96. The van der Waals surface area contributed by atoms with E-state index in [1.165, 1.54) is 0 Å². The Labute approximate surface area is 60.1 Å². The highest BCUT2D eigenvalue weighted by molar-refractivity contribution is 5.25. The van der Waals surface area contributed by atoms with Gasteiger partial charge in [0.2, 0.25) is 0 Å². The van der Waals surface area contributed by atoms with Crippen LogP contribution in [-0.2, 0) is 11.3 Å². The Hall–Kier alpha value is -1.02. The number of aromatic hydroxyl groups is 1. The zero-order valence-corrected chi connectivity index (χ0v) is 5.87. The lowest BCUT2D eigenvalue weighted by Crippen LogP contribution is -1.84. The maximum absolute atomic E-state index is 8.88. The van der Waals surface area contributed by atoms with Crippen LogP contribution in [0, 0.1) is 0 Å². The van der Waals surface area contributed by atoms with Gasteiger partial charge in [0, 0.05) is 7.11 Å². The first-order valence-electron chi connectivity index (χ1n) is 3.10. The van der Waals surface area contributed by atoms with Crippen molar-refractivity contribution in [3.05, 3.63) is 29.8 Å². The Balaban J connectivity index is 2.69. The van der Waals surface area contributed by atoms with Crippen LogP contribution in [0.5, 0.6) is 5.75 Å². The van der Waals surface area contributed by atoms with Crippen LogP contribution in [0.3, 0.4) is 0 Å². The zero-order valence-electron chi connectivity index (χ0n) is 5.87. The molecule has 0 fully saturated rings. The monoisotopic (exact) mass is 138 g/mol. The predicted octanol–water partition coefficient (Wildman–Crippen LogP) is 1.54. The normalized spacial score (nSPS) is 9.70. The van der Waals surface area contributed by atoms with Crippen LogP contribution >= 0.6 is 0 Å². The number of hydrogen-bond donors (Lipinski definition) is 1. The number of phenols is 1. The van der Waals surface area contributed by atoms with E-state index >= 15 is 0 Å². The van der Waals surface area contributed by atoms with Crippen molar-refractivity contribution in [1.82, 2.24) is 0 Å². The van der Waals surface area contributed by atoms with Crippen molar-refractivity contribution in [1.29, 1.82) is 0 Å². The van der Waals surface area contributed by atoms with Crippen molar-refractivity contribution in [3.8, 4) is 5.75 Å². The van der Waals surface area contributed by atoms with Gasteiger partial charge in [-0.3, -0.25) is 0 Å². The largest absolute Gasteiger partial charge is 0.508 e. The molecule has 2 nitrogen and oxygen atoms in total. The summed E-state index contributed by atoms with van der Waals surface area (Å²) in [6.07, 6.45) is 0. The highest BCUT2D eigenvalue weighted by Crippen LogP contribution is 2.09. The molecular formula is C8H10O2. The molecule has 0 bridgehead atoms. The quantitative estimate of drug-likeness (QED) is 0.671. The average molecular weight is 138 g/mol. The molecule has 0 unspecified atom stereocenters. The molecule has 0 radical (unpaired) electrons. The van der Waals surface area contributed by atoms with Gasteiger partial charge >= 0.3 is 0 Å². The Morgan fingerprint density at radius 1 is 1.30 bits per heavy atom. The van der Waals surface area contributed by atoms with Crippen molar-refractivity contribution < 1.29 is 9.84 Å². The Kier molecular flexibility index (Phi) is 2.29. The molecule has 0 aliphatic heterocycles. The molecule has 0 saturated heterocycles. The van der Waals surface area contributed by atoms with Gasteiger partial charge in [0.05, 0.1) is 6.61 Å². The van der Waals surface area contributed by atoms with Gasteiger partial charge in [-0.2, -0.15) is 0 Å². The van der Waals surface area contributed by atoms with Crippen molar-refractivity contribution >= 4 is 0 Å². The third-order valence-corrected chi connectivity index (χ3v) is 1.25. The van der Waals surface area contributed by atoms with E-state index in [1.807, 2.05) is 12.1 Å². The molecule has 0 heterocycles. The lowest BCUT2D eigenvalue weighted by molar-refractivity contribution is 0.185.